The standard InChI is InChI=1S/C16H25NO/c1-4-16(14-8-6-5-7-9-14)17-15-10-12(2)18-13(3)11-15/h5-9,12-13,15-17H,4,10-11H2,1-3H3. The zero-order valence-electron chi connectivity index (χ0n) is 11.7. The first kappa shape index (κ1) is 13.6. The van der Waals surface area contributed by atoms with E-state index in [1.54, 1.807) is 0 Å². The lowest BCUT2D eigenvalue weighted by Crippen LogP contribution is -2.42. The van der Waals surface area contributed by atoms with Gasteiger partial charge in [0, 0.05) is 12.1 Å². The van der Waals surface area contributed by atoms with Gasteiger partial charge in [-0.15, -0.1) is 0 Å². The Kier molecular flexibility index (Phi) is 4.79. The van der Waals surface area contributed by atoms with Crippen molar-refractivity contribution in [3.05, 3.63) is 35.9 Å². The summed E-state index contributed by atoms with van der Waals surface area (Å²) in [5, 5.41) is 3.80. The molecular formula is C16H25NO. The van der Waals surface area contributed by atoms with E-state index >= 15 is 0 Å². The second-order valence-corrected chi connectivity index (χ2v) is 5.46. The molecule has 100 valence electrons. The molecule has 1 heterocycles. The number of nitrogens with one attached hydrogen (secondary N) is 1. The maximum absolute atomic E-state index is 5.80. The molecule has 1 fully saturated rings. The second-order valence-electron chi connectivity index (χ2n) is 5.46. The number of benzene rings is 1. The first-order valence-electron chi connectivity index (χ1n) is 7.15. The molecule has 0 saturated carbocycles. The van der Waals surface area contributed by atoms with E-state index in [0.29, 0.717) is 24.3 Å². The van der Waals surface area contributed by atoms with E-state index in [1.807, 2.05) is 0 Å². The highest BCUT2D eigenvalue weighted by Crippen LogP contribution is 2.23. The Labute approximate surface area is 111 Å². The van der Waals surface area contributed by atoms with Crippen LogP contribution in [0.4, 0.5) is 0 Å². The van der Waals surface area contributed by atoms with Crippen molar-refractivity contribution in [1.29, 1.82) is 0 Å². The summed E-state index contributed by atoms with van der Waals surface area (Å²) in [6.45, 7) is 6.60. The van der Waals surface area contributed by atoms with Crippen LogP contribution in [0.1, 0.15) is 51.6 Å². The number of ether oxygens (including phenoxy) is 1. The summed E-state index contributed by atoms with van der Waals surface area (Å²) in [4.78, 5) is 0. The Morgan fingerprint density at radius 2 is 1.78 bits per heavy atom. The number of hydrogen-bond donors (Lipinski definition) is 1. The molecular weight excluding hydrogens is 222 g/mol. The summed E-state index contributed by atoms with van der Waals surface area (Å²) < 4.78 is 5.80. The van der Waals surface area contributed by atoms with Gasteiger partial charge in [-0.25, -0.2) is 0 Å². The molecule has 1 aromatic rings. The van der Waals surface area contributed by atoms with Crippen molar-refractivity contribution in [3.8, 4) is 0 Å². The highest BCUT2D eigenvalue weighted by Gasteiger charge is 2.26. The van der Waals surface area contributed by atoms with Crippen LogP contribution >= 0.6 is 0 Å². The average molecular weight is 247 g/mol. The molecule has 1 N–H and O–H groups in total. The van der Waals surface area contributed by atoms with Crippen LogP contribution in [0, 0.1) is 0 Å². The van der Waals surface area contributed by atoms with Gasteiger partial charge in [-0.05, 0) is 38.7 Å². The van der Waals surface area contributed by atoms with E-state index in [4.69, 9.17) is 4.74 Å². The first-order chi connectivity index (χ1) is 8.69. The van der Waals surface area contributed by atoms with Crippen molar-refractivity contribution in [2.75, 3.05) is 0 Å². The maximum Gasteiger partial charge on any atom is 0.0565 e. The highest BCUT2D eigenvalue weighted by molar-refractivity contribution is 5.18. The van der Waals surface area contributed by atoms with Gasteiger partial charge in [-0.3, -0.25) is 0 Å². The minimum Gasteiger partial charge on any atom is -0.375 e. The van der Waals surface area contributed by atoms with Crippen LogP contribution < -0.4 is 5.32 Å². The molecule has 0 bridgehead atoms. The van der Waals surface area contributed by atoms with Crippen LogP contribution in [-0.2, 0) is 4.74 Å². The van der Waals surface area contributed by atoms with Crippen LogP contribution in [-0.4, -0.2) is 18.2 Å². The molecule has 2 nitrogen and oxygen atoms in total. The Morgan fingerprint density at radius 3 is 2.33 bits per heavy atom. The third kappa shape index (κ3) is 3.56. The molecule has 1 aromatic carbocycles. The van der Waals surface area contributed by atoms with Crippen molar-refractivity contribution in [3.63, 3.8) is 0 Å². The summed E-state index contributed by atoms with van der Waals surface area (Å²) in [5.74, 6) is 0. The fraction of sp³-hybridized carbons (Fsp3) is 0.625. The predicted molar refractivity (Wildman–Crippen MR) is 75.6 cm³/mol. The molecule has 0 aliphatic carbocycles. The molecule has 0 amide bonds. The topological polar surface area (TPSA) is 21.3 Å². The van der Waals surface area contributed by atoms with E-state index in [0.717, 1.165) is 19.3 Å². The van der Waals surface area contributed by atoms with E-state index in [9.17, 15) is 0 Å². The van der Waals surface area contributed by atoms with Crippen molar-refractivity contribution in [2.45, 2.75) is 64.3 Å². The lowest BCUT2D eigenvalue weighted by atomic mass is 9.96. The Balaban J connectivity index is 1.98. The van der Waals surface area contributed by atoms with E-state index in [-0.39, 0.29) is 0 Å². The van der Waals surface area contributed by atoms with Gasteiger partial charge in [0.15, 0.2) is 0 Å². The first-order valence-corrected chi connectivity index (χ1v) is 7.15. The molecule has 3 unspecified atom stereocenters. The van der Waals surface area contributed by atoms with Gasteiger partial charge in [0.1, 0.15) is 0 Å². The summed E-state index contributed by atoms with van der Waals surface area (Å²) in [6.07, 6.45) is 4.12. The molecule has 18 heavy (non-hydrogen) atoms. The highest BCUT2D eigenvalue weighted by atomic mass is 16.5. The maximum atomic E-state index is 5.80. The molecule has 0 spiro atoms. The van der Waals surface area contributed by atoms with Gasteiger partial charge in [-0.2, -0.15) is 0 Å². The zero-order valence-corrected chi connectivity index (χ0v) is 11.7. The molecule has 2 rings (SSSR count). The summed E-state index contributed by atoms with van der Waals surface area (Å²) >= 11 is 0. The molecule has 1 aliphatic rings. The van der Waals surface area contributed by atoms with Crippen molar-refractivity contribution < 1.29 is 4.74 Å². The van der Waals surface area contributed by atoms with Crippen LogP contribution in [0.15, 0.2) is 30.3 Å². The molecule has 0 aromatic heterocycles. The lowest BCUT2D eigenvalue weighted by molar-refractivity contribution is -0.0437. The summed E-state index contributed by atoms with van der Waals surface area (Å²) in [6, 6.07) is 11.8. The monoisotopic (exact) mass is 247 g/mol. The van der Waals surface area contributed by atoms with Crippen LogP contribution in [0.25, 0.3) is 0 Å². The molecule has 1 saturated heterocycles. The minimum atomic E-state index is 0.375. The smallest absolute Gasteiger partial charge is 0.0565 e. The quantitative estimate of drug-likeness (QED) is 0.876. The average Bonchev–Trinajstić information content (AvgIpc) is 2.36. The van der Waals surface area contributed by atoms with E-state index < -0.39 is 0 Å². The van der Waals surface area contributed by atoms with Gasteiger partial charge in [0.2, 0.25) is 0 Å². The largest absolute Gasteiger partial charge is 0.375 e. The Hall–Kier alpha value is -0.860. The van der Waals surface area contributed by atoms with E-state index in [2.05, 4.69) is 56.4 Å². The number of rotatable bonds is 4. The fourth-order valence-electron chi connectivity index (χ4n) is 2.96. The summed E-state index contributed by atoms with van der Waals surface area (Å²) in [5.41, 5.74) is 1.40. The van der Waals surface area contributed by atoms with Gasteiger partial charge >= 0.3 is 0 Å². The van der Waals surface area contributed by atoms with Crippen LogP contribution in [0.5, 0.6) is 0 Å². The Morgan fingerprint density at radius 1 is 1.17 bits per heavy atom. The van der Waals surface area contributed by atoms with Gasteiger partial charge in [-0.1, -0.05) is 37.3 Å². The van der Waals surface area contributed by atoms with Gasteiger partial charge < -0.3 is 10.1 Å². The zero-order chi connectivity index (χ0) is 13.0. The lowest BCUT2D eigenvalue weighted by Gasteiger charge is -2.35. The van der Waals surface area contributed by atoms with Crippen LogP contribution in [0.3, 0.4) is 0 Å². The fourth-order valence-corrected chi connectivity index (χ4v) is 2.96. The van der Waals surface area contributed by atoms with Crippen molar-refractivity contribution >= 4 is 0 Å². The SMILES string of the molecule is CCC(NC1CC(C)OC(C)C1)c1ccccc1. The normalized spacial score (nSPS) is 30.1. The minimum absolute atomic E-state index is 0.375. The van der Waals surface area contributed by atoms with Crippen molar-refractivity contribution in [1.82, 2.24) is 5.32 Å². The third-order valence-corrected chi connectivity index (χ3v) is 3.74. The van der Waals surface area contributed by atoms with Gasteiger partial charge in [0.05, 0.1) is 12.2 Å². The number of hydrogen-bond acceptors (Lipinski definition) is 2. The second kappa shape index (κ2) is 6.35. The molecule has 1 aliphatic heterocycles. The summed E-state index contributed by atoms with van der Waals surface area (Å²) in [7, 11) is 0. The van der Waals surface area contributed by atoms with E-state index in [1.165, 1.54) is 5.56 Å². The van der Waals surface area contributed by atoms with Gasteiger partial charge in [0.25, 0.3) is 0 Å². The molecule has 3 atom stereocenters. The van der Waals surface area contributed by atoms with Crippen molar-refractivity contribution in [2.24, 2.45) is 0 Å². The Bertz CT molecular complexity index is 341. The molecule has 0 radical (unpaired) electrons. The van der Waals surface area contributed by atoms with Crippen LogP contribution in [0.2, 0.25) is 0 Å². The third-order valence-electron chi connectivity index (χ3n) is 3.74. The molecule has 2 heteroatoms. The predicted octanol–water partition coefficient (Wildman–Crippen LogP) is 3.68.